The van der Waals surface area contributed by atoms with Gasteiger partial charge in [-0.1, -0.05) is 0 Å². The normalized spacial score (nSPS) is 45.1. The van der Waals surface area contributed by atoms with Crippen LogP contribution in [0, 0.1) is 0 Å². The first-order valence-electron chi connectivity index (χ1n) is 7.63. The van der Waals surface area contributed by atoms with Gasteiger partial charge in [-0.25, -0.2) is 0 Å². The van der Waals surface area contributed by atoms with Crippen LogP contribution in [0.4, 0.5) is 0 Å². The van der Waals surface area contributed by atoms with Crippen molar-refractivity contribution < 1.29 is 65.6 Å². The van der Waals surface area contributed by atoms with Crippen LogP contribution in [-0.2, 0) is 9.47 Å². The summed E-state index contributed by atoms with van der Waals surface area (Å²) in [6.45, 7) is -2.93. The molecule has 0 amide bonds. The second kappa shape index (κ2) is 9.11. The Labute approximate surface area is 147 Å². The van der Waals surface area contributed by atoms with Gasteiger partial charge in [0.05, 0.1) is 26.4 Å². The van der Waals surface area contributed by atoms with Crippen LogP contribution in [0.15, 0.2) is 0 Å². The Hall–Kier alpha value is -0.520. The molecule has 0 aromatic carbocycles. The molecule has 0 bridgehead atoms. The summed E-state index contributed by atoms with van der Waals surface area (Å²) in [6.07, 6.45) is -10.8. The lowest BCUT2D eigenvalue weighted by Gasteiger charge is -2.45. The van der Waals surface area contributed by atoms with Crippen molar-refractivity contribution in [2.45, 2.75) is 54.3 Å². The van der Waals surface area contributed by atoms with Crippen LogP contribution in [0.2, 0.25) is 0 Å². The molecule has 0 saturated carbocycles. The molecule has 0 unspecified atom stereocenters. The molecule has 13 nitrogen and oxygen atoms in total. The Morgan fingerprint density at radius 1 is 0.654 bits per heavy atom. The van der Waals surface area contributed by atoms with Crippen molar-refractivity contribution >= 4 is 0 Å². The summed E-state index contributed by atoms with van der Waals surface area (Å²) in [5.41, 5.74) is -1.85. The molecule has 11 N–H and O–H groups in total. The second-order valence-corrected chi connectivity index (χ2v) is 6.09. The van der Waals surface area contributed by atoms with E-state index in [9.17, 15) is 15.3 Å². The summed E-state index contributed by atoms with van der Waals surface area (Å²) in [5, 5.41) is 99.3. The van der Waals surface area contributed by atoms with Gasteiger partial charge in [-0.3, -0.25) is 0 Å². The molecule has 2 heterocycles. The molecule has 8 atom stereocenters. The van der Waals surface area contributed by atoms with E-state index in [2.05, 4.69) is 9.47 Å². The molecule has 2 rings (SSSR count). The number of ether oxygens (including phenoxy) is 2. The van der Waals surface area contributed by atoms with E-state index in [1.54, 1.807) is 0 Å². The smallest absolute Gasteiger partial charge is 0.219 e. The lowest BCUT2D eigenvalue weighted by Crippen LogP contribution is -2.67. The minimum Gasteiger partial charge on any atom is -0.394 e. The Kier molecular flexibility index (Phi) is 8.24. The summed E-state index contributed by atoms with van der Waals surface area (Å²) in [7, 11) is 0. The molecule has 26 heavy (non-hydrogen) atoms. The van der Waals surface area contributed by atoms with Crippen molar-refractivity contribution in [1.29, 1.82) is 0 Å². The van der Waals surface area contributed by atoms with Crippen molar-refractivity contribution in [1.82, 2.24) is 0 Å². The van der Waals surface area contributed by atoms with E-state index in [4.69, 9.17) is 40.9 Å². The first-order chi connectivity index (χ1) is 12.0. The average Bonchev–Trinajstić information content (AvgIpc) is 2.88. The maximum absolute atomic E-state index is 9.41. The fraction of sp³-hybridized carbons (Fsp3) is 1.00. The predicted molar refractivity (Wildman–Crippen MR) is 78.0 cm³/mol. The van der Waals surface area contributed by atoms with Gasteiger partial charge in [0, 0.05) is 0 Å². The summed E-state index contributed by atoms with van der Waals surface area (Å²) >= 11 is 0. The quantitative estimate of drug-likeness (QED) is 0.214. The van der Waals surface area contributed by atoms with Crippen molar-refractivity contribution in [2.75, 3.05) is 26.4 Å². The number of rotatable bonds is 4. The maximum Gasteiger partial charge on any atom is 0.219 e. The van der Waals surface area contributed by atoms with Crippen LogP contribution in [0.5, 0.6) is 0 Å². The summed E-state index contributed by atoms with van der Waals surface area (Å²) < 4.78 is 9.29. The van der Waals surface area contributed by atoms with Crippen LogP contribution in [0.3, 0.4) is 0 Å². The molecular formula is C13H26O13. The fourth-order valence-electron chi connectivity index (χ4n) is 2.51. The van der Waals surface area contributed by atoms with E-state index < -0.39 is 80.7 Å². The number of hydrogen-bond acceptors (Lipinski definition) is 13. The first kappa shape index (κ1) is 23.5. The van der Waals surface area contributed by atoms with E-state index in [0.717, 1.165) is 0 Å². The van der Waals surface area contributed by atoms with Gasteiger partial charge in [0.25, 0.3) is 0 Å². The molecule has 2 aliphatic heterocycles. The Balaban J connectivity index is 0.000000263. The van der Waals surface area contributed by atoms with E-state index in [-0.39, 0.29) is 0 Å². The van der Waals surface area contributed by atoms with Crippen molar-refractivity contribution in [3.8, 4) is 0 Å². The first-order valence-corrected chi connectivity index (χ1v) is 7.63. The molecule has 2 aliphatic rings. The molecular weight excluding hydrogens is 364 g/mol. The Morgan fingerprint density at radius 3 is 1.54 bits per heavy atom. The lowest BCUT2D eigenvalue weighted by molar-refractivity contribution is -0.333. The number of aliphatic hydroxyl groups excluding tert-OH is 10. The van der Waals surface area contributed by atoms with Gasteiger partial charge >= 0.3 is 0 Å². The standard InChI is InChI=1S/C7H14O7.C6H12O6/c8-1-7(2-9)5(12)3(10)4(11)6(13)14-7;7-1-3-4(9)5(10)6(11,2-8)12-3/h3-6,8-13H,1-2H2;3-5,7-11H,1-2H2/t3-,4-,5+,6+;3-,4-,5+,6-/m11/s1. The molecule has 156 valence electrons. The second-order valence-electron chi connectivity index (χ2n) is 6.09. The highest BCUT2D eigenvalue weighted by Crippen LogP contribution is 2.29. The minimum atomic E-state index is -2.16. The van der Waals surface area contributed by atoms with Gasteiger partial charge in [-0.05, 0) is 0 Å². The molecule has 13 heteroatoms. The van der Waals surface area contributed by atoms with Crippen LogP contribution < -0.4 is 0 Å². The highest BCUT2D eigenvalue weighted by Gasteiger charge is 2.53. The zero-order chi connectivity index (χ0) is 20.3. The zero-order valence-corrected chi connectivity index (χ0v) is 13.6. The summed E-state index contributed by atoms with van der Waals surface area (Å²) in [5.74, 6) is -2.16. The largest absolute Gasteiger partial charge is 0.394 e. The van der Waals surface area contributed by atoms with Crippen molar-refractivity contribution in [3.05, 3.63) is 0 Å². The van der Waals surface area contributed by atoms with Crippen LogP contribution in [0.1, 0.15) is 0 Å². The van der Waals surface area contributed by atoms with Gasteiger partial charge in [0.15, 0.2) is 6.29 Å². The average molecular weight is 390 g/mol. The molecule has 2 saturated heterocycles. The molecule has 0 aliphatic carbocycles. The predicted octanol–water partition coefficient (Wildman–Crippen LogP) is -7.08. The molecule has 0 aromatic rings. The zero-order valence-electron chi connectivity index (χ0n) is 13.6. The maximum atomic E-state index is 9.41. The highest BCUT2D eigenvalue weighted by molar-refractivity contribution is 4.99. The molecule has 0 radical (unpaired) electrons. The molecule has 2 fully saturated rings. The number of aliphatic hydroxyl groups is 11. The van der Waals surface area contributed by atoms with Crippen LogP contribution in [-0.4, -0.2) is 137 Å². The highest BCUT2D eigenvalue weighted by atomic mass is 16.7. The lowest BCUT2D eigenvalue weighted by atomic mass is 9.88. The summed E-state index contributed by atoms with van der Waals surface area (Å²) in [6, 6.07) is 0. The van der Waals surface area contributed by atoms with Gasteiger partial charge in [-0.15, -0.1) is 0 Å². The minimum absolute atomic E-state index is 0.527. The van der Waals surface area contributed by atoms with E-state index in [1.165, 1.54) is 0 Å². The monoisotopic (exact) mass is 390 g/mol. The Bertz CT molecular complexity index is 432. The van der Waals surface area contributed by atoms with Crippen molar-refractivity contribution in [3.63, 3.8) is 0 Å². The van der Waals surface area contributed by atoms with Crippen LogP contribution >= 0.6 is 0 Å². The Morgan fingerprint density at radius 2 is 1.19 bits per heavy atom. The fourth-order valence-corrected chi connectivity index (χ4v) is 2.51. The van der Waals surface area contributed by atoms with E-state index >= 15 is 0 Å². The third-order valence-electron chi connectivity index (χ3n) is 4.32. The molecule has 0 aromatic heterocycles. The molecule has 0 spiro atoms. The van der Waals surface area contributed by atoms with Gasteiger partial charge in [-0.2, -0.15) is 0 Å². The topological polar surface area (TPSA) is 241 Å². The third kappa shape index (κ3) is 4.31. The number of hydrogen-bond donors (Lipinski definition) is 11. The summed E-state index contributed by atoms with van der Waals surface area (Å²) in [4.78, 5) is 0. The third-order valence-corrected chi connectivity index (χ3v) is 4.32. The van der Waals surface area contributed by atoms with Crippen molar-refractivity contribution in [2.24, 2.45) is 0 Å². The van der Waals surface area contributed by atoms with Gasteiger partial charge < -0.3 is 65.6 Å². The van der Waals surface area contributed by atoms with Gasteiger partial charge in [0.1, 0.15) is 42.2 Å². The van der Waals surface area contributed by atoms with Gasteiger partial charge in [0.2, 0.25) is 5.79 Å². The van der Waals surface area contributed by atoms with E-state index in [1.807, 2.05) is 0 Å². The SMILES string of the molecule is OCC1(CO)O[C@H](O)[C@H](O)[C@@H](O)[C@@H]1O.OC[C@H]1O[C@](O)(CO)[C@@H](O)[C@@H]1O. The van der Waals surface area contributed by atoms with E-state index in [0.29, 0.717) is 0 Å². The van der Waals surface area contributed by atoms with Crippen LogP contribution in [0.25, 0.3) is 0 Å².